The van der Waals surface area contributed by atoms with E-state index >= 15 is 0 Å². The highest BCUT2D eigenvalue weighted by Gasteiger charge is 2.26. The van der Waals surface area contributed by atoms with Crippen molar-refractivity contribution in [3.63, 3.8) is 0 Å². The predicted octanol–water partition coefficient (Wildman–Crippen LogP) is 5.12. The standard InChI is InChI=1S/C18H12BrCl2NO4/c1-24-15-7-9(5-12(19)16(15)25-2)6-14-18(23)26-17(22-14)11-8-10(20)3-4-13(11)21/h3-8H,1-2H3. The third kappa shape index (κ3) is 3.72. The molecule has 8 heteroatoms. The van der Waals surface area contributed by atoms with Crippen LogP contribution in [0.25, 0.3) is 6.08 Å². The number of hydrogen-bond acceptors (Lipinski definition) is 5. The number of rotatable bonds is 4. The Morgan fingerprint density at radius 2 is 1.92 bits per heavy atom. The molecule has 0 unspecified atom stereocenters. The molecule has 0 radical (unpaired) electrons. The summed E-state index contributed by atoms with van der Waals surface area (Å²) < 4.78 is 16.5. The highest BCUT2D eigenvalue weighted by molar-refractivity contribution is 9.10. The summed E-state index contributed by atoms with van der Waals surface area (Å²) in [6.07, 6.45) is 1.58. The maximum Gasteiger partial charge on any atom is 0.363 e. The molecule has 2 aromatic rings. The summed E-state index contributed by atoms with van der Waals surface area (Å²) in [5, 5.41) is 0.848. The summed E-state index contributed by atoms with van der Waals surface area (Å²) in [4.78, 5) is 16.4. The van der Waals surface area contributed by atoms with Crippen molar-refractivity contribution in [3.05, 3.63) is 61.7 Å². The van der Waals surface area contributed by atoms with Crippen molar-refractivity contribution in [2.24, 2.45) is 4.99 Å². The fourth-order valence-electron chi connectivity index (χ4n) is 2.36. The molecular weight excluding hydrogens is 445 g/mol. The summed E-state index contributed by atoms with van der Waals surface area (Å²) in [5.41, 5.74) is 1.27. The van der Waals surface area contributed by atoms with Crippen LogP contribution in [0.5, 0.6) is 11.5 Å². The average Bonchev–Trinajstić information content (AvgIpc) is 2.97. The van der Waals surface area contributed by atoms with Gasteiger partial charge in [-0.15, -0.1) is 0 Å². The molecule has 0 aliphatic carbocycles. The number of esters is 1. The van der Waals surface area contributed by atoms with Crippen LogP contribution < -0.4 is 9.47 Å². The summed E-state index contributed by atoms with van der Waals surface area (Å²) in [6.45, 7) is 0. The van der Waals surface area contributed by atoms with E-state index in [9.17, 15) is 4.79 Å². The molecule has 1 aliphatic rings. The first kappa shape index (κ1) is 18.8. The van der Waals surface area contributed by atoms with Crippen molar-refractivity contribution in [1.29, 1.82) is 0 Å². The Morgan fingerprint density at radius 1 is 1.15 bits per heavy atom. The van der Waals surface area contributed by atoms with Gasteiger partial charge in [0.1, 0.15) is 0 Å². The van der Waals surface area contributed by atoms with E-state index in [1.807, 2.05) is 0 Å². The largest absolute Gasteiger partial charge is 0.493 e. The zero-order valence-corrected chi connectivity index (χ0v) is 16.8. The van der Waals surface area contributed by atoms with Gasteiger partial charge in [0, 0.05) is 5.02 Å². The number of nitrogens with zero attached hydrogens (tertiary/aromatic N) is 1. The van der Waals surface area contributed by atoms with Crippen molar-refractivity contribution < 1.29 is 19.0 Å². The van der Waals surface area contributed by atoms with Crippen LogP contribution in [0, 0.1) is 0 Å². The summed E-state index contributed by atoms with van der Waals surface area (Å²) in [7, 11) is 3.07. The molecule has 2 aromatic carbocycles. The molecule has 0 amide bonds. The van der Waals surface area contributed by atoms with Crippen LogP contribution in [0.3, 0.4) is 0 Å². The average molecular weight is 457 g/mol. The predicted molar refractivity (Wildman–Crippen MR) is 104 cm³/mol. The molecule has 134 valence electrons. The Bertz CT molecular complexity index is 956. The Hall–Kier alpha value is -2.02. The Kier molecular flexibility index (Phi) is 5.55. The molecule has 0 aromatic heterocycles. The molecule has 5 nitrogen and oxygen atoms in total. The van der Waals surface area contributed by atoms with Gasteiger partial charge < -0.3 is 14.2 Å². The lowest BCUT2D eigenvalue weighted by molar-refractivity contribution is -0.129. The number of cyclic esters (lactones) is 1. The summed E-state index contributed by atoms with van der Waals surface area (Å²) in [5.74, 6) is 0.593. The highest BCUT2D eigenvalue weighted by atomic mass is 79.9. The van der Waals surface area contributed by atoms with E-state index in [1.165, 1.54) is 7.11 Å². The molecule has 1 heterocycles. The monoisotopic (exact) mass is 455 g/mol. The van der Waals surface area contributed by atoms with Gasteiger partial charge in [-0.2, -0.15) is 0 Å². The first-order valence-electron chi connectivity index (χ1n) is 7.32. The fourth-order valence-corrected chi connectivity index (χ4v) is 3.36. The van der Waals surface area contributed by atoms with Gasteiger partial charge in [-0.05, 0) is 57.9 Å². The molecule has 0 bridgehead atoms. The van der Waals surface area contributed by atoms with Crippen molar-refractivity contribution >= 4 is 57.1 Å². The van der Waals surface area contributed by atoms with E-state index in [0.29, 0.717) is 37.1 Å². The van der Waals surface area contributed by atoms with Gasteiger partial charge in [-0.1, -0.05) is 23.2 Å². The van der Waals surface area contributed by atoms with Crippen molar-refractivity contribution in [3.8, 4) is 11.5 Å². The molecule has 0 atom stereocenters. The molecule has 0 spiro atoms. The van der Waals surface area contributed by atoms with E-state index < -0.39 is 5.97 Å². The van der Waals surface area contributed by atoms with Crippen molar-refractivity contribution in [2.75, 3.05) is 14.2 Å². The van der Waals surface area contributed by atoms with Gasteiger partial charge in [-0.3, -0.25) is 0 Å². The van der Waals surface area contributed by atoms with Gasteiger partial charge in [-0.25, -0.2) is 9.79 Å². The van der Waals surface area contributed by atoms with Crippen LogP contribution in [0.4, 0.5) is 0 Å². The van der Waals surface area contributed by atoms with E-state index in [0.717, 1.165) is 0 Å². The number of methoxy groups -OCH3 is 2. The Morgan fingerprint density at radius 3 is 2.62 bits per heavy atom. The molecule has 3 rings (SSSR count). The number of ether oxygens (including phenoxy) is 3. The van der Waals surface area contributed by atoms with Crippen LogP contribution in [0.15, 0.2) is 45.5 Å². The first-order valence-corrected chi connectivity index (χ1v) is 8.87. The number of hydrogen-bond donors (Lipinski definition) is 0. The second-order valence-electron chi connectivity index (χ2n) is 5.20. The minimum Gasteiger partial charge on any atom is -0.493 e. The van der Waals surface area contributed by atoms with E-state index in [4.69, 9.17) is 37.4 Å². The number of benzene rings is 2. The summed E-state index contributed by atoms with van der Waals surface area (Å²) >= 11 is 15.5. The molecule has 26 heavy (non-hydrogen) atoms. The van der Waals surface area contributed by atoms with Crippen LogP contribution in [-0.4, -0.2) is 26.1 Å². The third-order valence-corrected chi connectivity index (χ3v) is 4.69. The first-order chi connectivity index (χ1) is 12.4. The minimum atomic E-state index is -0.582. The Balaban J connectivity index is 2.01. The van der Waals surface area contributed by atoms with Crippen LogP contribution >= 0.6 is 39.1 Å². The number of carbonyl (C=O) groups is 1. The lowest BCUT2D eigenvalue weighted by Gasteiger charge is -2.10. The Labute approximate surface area is 168 Å². The second-order valence-corrected chi connectivity index (χ2v) is 6.90. The SMILES string of the molecule is COc1cc(C=C2N=C(c3cc(Cl)ccc3Cl)OC2=O)cc(Br)c1OC. The van der Waals surface area contributed by atoms with E-state index in [1.54, 1.807) is 43.5 Å². The lowest BCUT2D eigenvalue weighted by atomic mass is 10.1. The highest BCUT2D eigenvalue weighted by Crippen LogP contribution is 2.37. The van der Waals surface area contributed by atoms with Gasteiger partial charge in [0.05, 0.1) is 29.3 Å². The fraction of sp³-hybridized carbons (Fsp3) is 0.111. The van der Waals surface area contributed by atoms with Gasteiger partial charge in [0.25, 0.3) is 0 Å². The molecule has 0 fully saturated rings. The van der Waals surface area contributed by atoms with Crippen molar-refractivity contribution in [2.45, 2.75) is 0 Å². The van der Waals surface area contributed by atoms with E-state index in [-0.39, 0.29) is 11.6 Å². The van der Waals surface area contributed by atoms with Gasteiger partial charge in [0.2, 0.25) is 5.90 Å². The molecule has 1 aliphatic heterocycles. The maximum absolute atomic E-state index is 12.2. The lowest BCUT2D eigenvalue weighted by Crippen LogP contribution is -2.06. The topological polar surface area (TPSA) is 57.1 Å². The number of aliphatic imine (C=N–C) groups is 1. The van der Waals surface area contributed by atoms with Crippen molar-refractivity contribution in [1.82, 2.24) is 0 Å². The number of halogens is 3. The molecule has 0 saturated carbocycles. The third-order valence-electron chi connectivity index (χ3n) is 3.54. The van der Waals surface area contributed by atoms with Gasteiger partial charge >= 0.3 is 5.97 Å². The smallest absolute Gasteiger partial charge is 0.363 e. The number of carbonyl (C=O) groups excluding carboxylic acids is 1. The summed E-state index contributed by atoms with van der Waals surface area (Å²) in [6, 6.07) is 8.35. The van der Waals surface area contributed by atoms with Gasteiger partial charge in [0.15, 0.2) is 17.2 Å². The van der Waals surface area contributed by atoms with Crippen LogP contribution in [0.2, 0.25) is 10.0 Å². The maximum atomic E-state index is 12.2. The zero-order chi connectivity index (χ0) is 18.8. The molecule has 0 N–H and O–H groups in total. The van der Waals surface area contributed by atoms with Crippen LogP contribution in [0.1, 0.15) is 11.1 Å². The van der Waals surface area contributed by atoms with E-state index in [2.05, 4.69) is 20.9 Å². The molecule has 0 saturated heterocycles. The normalized spacial score (nSPS) is 15.0. The van der Waals surface area contributed by atoms with Crippen LogP contribution in [-0.2, 0) is 9.53 Å². The second kappa shape index (κ2) is 7.70. The molecular formula is C18H12BrCl2NO4. The zero-order valence-electron chi connectivity index (χ0n) is 13.7. The quantitative estimate of drug-likeness (QED) is 0.473. The minimum absolute atomic E-state index is 0.105.